The molecule has 0 spiro atoms. The third-order valence-corrected chi connectivity index (χ3v) is 11.2. The number of likely N-dealkylation sites (tertiary alicyclic amines) is 1. The average Bonchev–Trinajstić information content (AvgIpc) is 3.40. The highest BCUT2D eigenvalue weighted by Crippen LogP contribution is 2.46. The molecule has 2 N–H and O–H groups in total. The van der Waals surface area contributed by atoms with E-state index in [1.54, 1.807) is 0 Å². The third kappa shape index (κ3) is 5.50. The van der Waals surface area contributed by atoms with Crippen LogP contribution in [0, 0.1) is 11.8 Å². The van der Waals surface area contributed by atoms with Crippen LogP contribution in [0.1, 0.15) is 85.0 Å². The van der Waals surface area contributed by atoms with Crippen LogP contribution in [-0.2, 0) is 14.3 Å². The number of ketones is 1. The SMILES string of the molecule is CCN(CC)CCCC(C)NC(=O)C1=CN2C3CCCCC3OC3C(N4CC5CCCNC5C4)CCC(C1=O)C32. The molecular formula is C32H53N5O3. The average molecular weight is 556 g/mol. The molecule has 0 bridgehead atoms. The Hall–Kier alpha value is -1.48. The molecule has 0 aromatic heterocycles. The van der Waals surface area contributed by atoms with E-state index in [9.17, 15) is 9.59 Å². The molecule has 4 aliphatic heterocycles. The number of piperidine rings is 1. The van der Waals surface area contributed by atoms with Crippen molar-refractivity contribution in [2.75, 3.05) is 39.3 Å². The summed E-state index contributed by atoms with van der Waals surface area (Å²) < 4.78 is 7.01. The zero-order valence-corrected chi connectivity index (χ0v) is 25.2. The molecule has 2 aliphatic carbocycles. The highest BCUT2D eigenvalue weighted by atomic mass is 16.5. The number of fused-ring (bicyclic) bond motifs is 3. The minimum atomic E-state index is -0.175. The predicted octanol–water partition coefficient (Wildman–Crippen LogP) is 2.92. The molecule has 0 aromatic carbocycles. The third-order valence-electron chi connectivity index (χ3n) is 11.2. The number of carbonyl (C=O) groups is 2. The lowest BCUT2D eigenvalue weighted by Gasteiger charge is -2.59. The van der Waals surface area contributed by atoms with Crippen molar-refractivity contribution in [2.24, 2.45) is 11.8 Å². The summed E-state index contributed by atoms with van der Waals surface area (Å²) in [6.07, 6.45) is 13.2. The topological polar surface area (TPSA) is 77.2 Å². The van der Waals surface area contributed by atoms with Crippen molar-refractivity contribution < 1.29 is 14.3 Å². The number of morpholine rings is 1. The Labute approximate surface area is 241 Å². The highest BCUT2D eigenvalue weighted by molar-refractivity contribution is 6.20. The zero-order chi connectivity index (χ0) is 27.8. The lowest BCUT2D eigenvalue weighted by atomic mass is 9.70. The van der Waals surface area contributed by atoms with Gasteiger partial charge in [-0.05, 0) is 90.4 Å². The molecule has 40 heavy (non-hydrogen) atoms. The lowest BCUT2D eigenvalue weighted by Crippen LogP contribution is -2.70. The first-order chi connectivity index (χ1) is 19.5. The molecule has 6 aliphatic rings. The summed E-state index contributed by atoms with van der Waals surface area (Å²) in [6, 6.07) is 1.36. The van der Waals surface area contributed by atoms with Crippen LogP contribution in [0.15, 0.2) is 11.8 Å². The van der Waals surface area contributed by atoms with Gasteiger partial charge in [-0.25, -0.2) is 0 Å². The maximum Gasteiger partial charge on any atom is 0.256 e. The van der Waals surface area contributed by atoms with Crippen LogP contribution in [0.5, 0.6) is 0 Å². The normalized spacial score (nSPS) is 38.4. The zero-order valence-electron chi connectivity index (χ0n) is 25.2. The number of ether oxygens (including phenoxy) is 1. The Morgan fingerprint density at radius 2 is 1.93 bits per heavy atom. The first kappa shape index (κ1) is 28.6. The van der Waals surface area contributed by atoms with Gasteiger partial charge in [-0.1, -0.05) is 26.7 Å². The molecule has 4 heterocycles. The molecule has 2 saturated carbocycles. The Bertz CT molecular complexity index is 939. The Morgan fingerprint density at radius 3 is 2.73 bits per heavy atom. The van der Waals surface area contributed by atoms with Gasteiger partial charge < -0.3 is 25.2 Å². The summed E-state index contributed by atoms with van der Waals surface area (Å²) in [5.74, 6) is 0.472. The molecule has 3 saturated heterocycles. The van der Waals surface area contributed by atoms with Crippen LogP contribution in [-0.4, -0.2) is 108 Å². The van der Waals surface area contributed by atoms with Crippen molar-refractivity contribution in [2.45, 2.75) is 127 Å². The fourth-order valence-electron chi connectivity index (χ4n) is 9.02. The fraction of sp³-hybridized carbons (Fsp3) is 0.875. The molecule has 8 nitrogen and oxygen atoms in total. The van der Waals surface area contributed by atoms with E-state index >= 15 is 0 Å². The summed E-state index contributed by atoms with van der Waals surface area (Å²) >= 11 is 0. The first-order valence-corrected chi connectivity index (χ1v) is 16.7. The largest absolute Gasteiger partial charge is 0.369 e. The predicted molar refractivity (Wildman–Crippen MR) is 157 cm³/mol. The van der Waals surface area contributed by atoms with Crippen molar-refractivity contribution in [1.29, 1.82) is 0 Å². The second-order valence-electron chi connectivity index (χ2n) is 13.5. The van der Waals surface area contributed by atoms with Gasteiger partial charge in [0.05, 0.1) is 29.9 Å². The summed E-state index contributed by atoms with van der Waals surface area (Å²) in [4.78, 5) is 35.1. The second-order valence-corrected chi connectivity index (χ2v) is 13.5. The van der Waals surface area contributed by atoms with E-state index < -0.39 is 0 Å². The smallest absolute Gasteiger partial charge is 0.256 e. The number of nitrogens with one attached hydrogen (secondary N) is 2. The van der Waals surface area contributed by atoms with Gasteiger partial charge >= 0.3 is 0 Å². The number of nitrogens with zero attached hydrogens (tertiary/aromatic N) is 3. The first-order valence-electron chi connectivity index (χ1n) is 16.7. The number of hydrogen-bond acceptors (Lipinski definition) is 7. The van der Waals surface area contributed by atoms with Crippen molar-refractivity contribution in [3.05, 3.63) is 11.8 Å². The van der Waals surface area contributed by atoms with E-state index in [-0.39, 0.29) is 47.9 Å². The van der Waals surface area contributed by atoms with Crippen LogP contribution in [0.25, 0.3) is 0 Å². The quantitative estimate of drug-likeness (QED) is 0.424. The van der Waals surface area contributed by atoms with E-state index in [4.69, 9.17) is 4.74 Å². The van der Waals surface area contributed by atoms with Gasteiger partial charge in [-0.15, -0.1) is 0 Å². The fourth-order valence-corrected chi connectivity index (χ4v) is 9.02. The van der Waals surface area contributed by atoms with Gasteiger partial charge in [0.15, 0.2) is 5.78 Å². The van der Waals surface area contributed by atoms with Crippen LogP contribution in [0.2, 0.25) is 0 Å². The van der Waals surface area contributed by atoms with Gasteiger partial charge in [0, 0.05) is 43.3 Å². The van der Waals surface area contributed by atoms with Gasteiger partial charge in [0.1, 0.15) is 0 Å². The van der Waals surface area contributed by atoms with Crippen molar-refractivity contribution >= 4 is 11.7 Å². The molecule has 1 amide bonds. The molecule has 5 fully saturated rings. The number of amides is 1. The molecule has 9 atom stereocenters. The second kappa shape index (κ2) is 12.4. The van der Waals surface area contributed by atoms with Gasteiger partial charge in [0.25, 0.3) is 5.91 Å². The van der Waals surface area contributed by atoms with Crippen LogP contribution < -0.4 is 10.6 Å². The summed E-state index contributed by atoms with van der Waals surface area (Å²) in [7, 11) is 0. The Morgan fingerprint density at radius 1 is 1.10 bits per heavy atom. The number of rotatable bonds is 9. The molecule has 0 aromatic rings. The molecule has 224 valence electrons. The highest BCUT2D eigenvalue weighted by Gasteiger charge is 2.57. The molecule has 8 heteroatoms. The number of Topliss-reactive ketones (excluding diaryl/α,β-unsaturated/α-hetero) is 1. The molecule has 0 radical (unpaired) electrons. The van der Waals surface area contributed by atoms with Gasteiger partial charge in [0.2, 0.25) is 0 Å². The minimum Gasteiger partial charge on any atom is -0.369 e. The Balaban J connectivity index is 1.18. The van der Waals surface area contributed by atoms with E-state index in [1.807, 2.05) is 6.20 Å². The van der Waals surface area contributed by atoms with E-state index in [1.165, 1.54) is 25.7 Å². The molecular weight excluding hydrogens is 502 g/mol. The van der Waals surface area contributed by atoms with E-state index in [2.05, 4.69) is 46.1 Å². The van der Waals surface area contributed by atoms with Crippen LogP contribution >= 0.6 is 0 Å². The summed E-state index contributed by atoms with van der Waals surface area (Å²) in [6.45, 7) is 13.0. The summed E-state index contributed by atoms with van der Waals surface area (Å²) in [5.41, 5.74) is 0.386. The van der Waals surface area contributed by atoms with Gasteiger partial charge in [-0.2, -0.15) is 0 Å². The molecule has 6 rings (SSSR count). The van der Waals surface area contributed by atoms with Crippen molar-refractivity contribution in [3.63, 3.8) is 0 Å². The number of hydrogen-bond donors (Lipinski definition) is 2. The Kier molecular flexibility index (Phi) is 8.88. The maximum atomic E-state index is 13.9. The van der Waals surface area contributed by atoms with Crippen LogP contribution in [0.3, 0.4) is 0 Å². The monoisotopic (exact) mass is 555 g/mol. The van der Waals surface area contributed by atoms with E-state index in [0.29, 0.717) is 17.7 Å². The minimum absolute atomic E-state index is 0.0436. The molecule has 9 unspecified atom stereocenters. The van der Waals surface area contributed by atoms with Crippen molar-refractivity contribution in [1.82, 2.24) is 25.3 Å². The standard InChI is InChI=1S/C32H53N5O3/c1-4-35(5-2)17-9-10-21(3)34-32(39)24-19-37-26-12-6-7-13-28(26)40-31-27(15-14-23(29(31)37)30(24)38)36-18-22-11-8-16-33-25(22)20-36/h19,21-23,25-29,31,33H,4-18,20H2,1-3H3,(H,34,39). The van der Waals surface area contributed by atoms with Crippen molar-refractivity contribution in [3.8, 4) is 0 Å². The number of carbonyl (C=O) groups excluding carboxylic acids is 2. The summed E-state index contributed by atoms with van der Waals surface area (Å²) in [5, 5.41) is 6.96. The van der Waals surface area contributed by atoms with E-state index in [0.717, 1.165) is 83.7 Å². The van der Waals surface area contributed by atoms with Crippen LogP contribution in [0.4, 0.5) is 0 Å². The lowest BCUT2D eigenvalue weighted by molar-refractivity contribution is -0.199. The maximum absolute atomic E-state index is 13.9. The van der Waals surface area contributed by atoms with Gasteiger partial charge in [-0.3, -0.25) is 14.5 Å².